The van der Waals surface area contributed by atoms with Crippen molar-refractivity contribution in [1.82, 2.24) is 4.90 Å². The van der Waals surface area contributed by atoms with E-state index >= 15 is 0 Å². The fourth-order valence-corrected chi connectivity index (χ4v) is 3.15. The van der Waals surface area contributed by atoms with Crippen molar-refractivity contribution in [1.29, 1.82) is 0 Å². The van der Waals surface area contributed by atoms with Crippen LogP contribution in [0.1, 0.15) is 33.5 Å². The van der Waals surface area contributed by atoms with Gasteiger partial charge in [-0.2, -0.15) is 0 Å². The van der Waals surface area contributed by atoms with Crippen LogP contribution in [0.25, 0.3) is 0 Å². The largest absolute Gasteiger partial charge is 0.384 e. The van der Waals surface area contributed by atoms with E-state index < -0.39 is 0 Å². The van der Waals surface area contributed by atoms with Crippen LogP contribution in [0.3, 0.4) is 0 Å². The SMILES string of the molecule is CCC1CN(C(=O)c2cc(C)c(C#CCO)s2)CCO1. The predicted octanol–water partition coefficient (Wildman–Crippen LogP) is 1.65. The fraction of sp³-hybridized carbons (Fsp3) is 0.533. The van der Waals surface area contributed by atoms with Crippen LogP contribution in [0.5, 0.6) is 0 Å². The Labute approximate surface area is 123 Å². The van der Waals surface area contributed by atoms with E-state index in [1.807, 2.05) is 17.9 Å². The zero-order valence-electron chi connectivity index (χ0n) is 11.8. The summed E-state index contributed by atoms with van der Waals surface area (Å²) in [6.07, 6.45) is 1.06. The molecule has 20 heavy (non-hydrogen) atoms. The summed E-state index contributed by atoms with van der Waals surface area (Å²) in [4.78, 5) is 15.9. The van der Waals surface area contributed by atoms with E-state index in [9.17, 15) is 4.79 Å². The van der Waals surface area contributed by atoms with Crippen molar-refractivity contribution in [3.63, 3.8) is 0 Å². The maximum Gasteiger partial charge on any atom is 0.264 e. The number of morpholine rings is 1. The molecule has 5 heteroatoms. The average molecular weight is 293 g/mol. The lowest BCUT2D eigenvalue weighted by Gasteiger charge is -2.32. The first-order valence-corrected chi connectivity index (χ1v) is 7.58. The van der Waals surface area contributed by atoms with Gasteiger partial charge in [0.05, 0.1) is 22.5 Å². The molecular weight excluding hydrogens is 274 g/mol. The monoisotopic (exact) mass is 293 g/mol. The van der Waals surface area contributed by atoms with E-state index in [1.165, 1.54) is 11.3 Å². The number of amides is 1. The van der Waals surface area contributed by atoms with Crippen LogP contribution in [-0.2, 0) is 4.74 Å². The van der Waals surface area contributed by atoms with E-state index in [4.69, 9.17) is 9.84 Å². The quantitative estimate of drug-likeness (QED) is 0.844. The maximum absolute atomic E-state index is 12.5. The number of aliphatic hydroxyl groups excluding tert-OH is 1. The van der Waals surface area contributed by atoms with E-state index in [0.29, 0.717) is 24.6 Å². The van der Waals surface area contributed by atoms with Crippen molar-refractivity contribution < 1.29 is 14.6 Å². The number of ether oxygens (including phenoxy) is 1. The minimum Gasteiger partial charge on any atom is -0.384 e. The third-order valence-electron chi connectivity index (χ3n) is 3.29. The Morgan fingerprint density at radius 2 is 2.45 bits per heavy atom. The zero-order valence-corrected chi connectivity index (χ0v) is 12.6. The molecule has 1 aromatic heterocycles. The molecular formula is C15H19NO3S. The van der Waals surface area contributed by atoms with Gasteiger partial charge in [0.25, 0.3) is 5.91 Å². The van der Waals surface area contributed by atoms with Gasteiger partial charge in [0.15, 0.2) is 0 Å². The third-order valence-corrected chi connectivity index (χ3v) is 4.43. The molecule has 0 aromatic carbocycles. The molecule has 2 rings (SSSR count). The minimum absolute atomic E-state index is 0.0527. The highest BCUT2D eigenvalue weighted by Crippen LogP contribution is 2.23. The van der Waals surface area contributed by atoms with E-state index in [0.717, 1.165) is 16.9 Å². The van der Waals surface area contributed by atoms with Gasteiger partial charge < -0.3 is 14.7 Å². The summed E-state index contributed by atoms with van der Waals surface area (Å²) in [6.45, 7) is 5.74. The molecule has 1 unspecified atom stereocenters. The summed E-state index contributed by atoms with van der Waals surface area (Å²) >= 11 is 1.39. The van der Waals surface area contributed by atoms with Crippen LogP contribution in [0.15, 0.2) is 6.07 Å². The molecule has 1 N–H and O–H groups in total. The van der Waals surface area contributed by atoms with Crippen molar-refractivity contribution in [2.24, 2.45) is 0 Å². The number of aliphatic hydroxyl groups is 1. The number of nitrogens with zero attached hydrogens (tertiary/aromatic N) is 1. The van der Waals surface area contributed by atoms with Crippen LogP contribution in [0.4, 0.5) is 0 Å². The van der Waals surface area contributed by atoms with Gasteiger partial charge >= 0.3 is 0 Å². The molecule has 1 aliphatic heterocycles. The zero-order chi connectivity index (χ0) is 14.5. The first-order chi connectivity index (χ1) is 9.65. The maximum atomic E-state index is 12.5. The second-order valence-electron chi connectivity index (χ2n) is 4.73. The first-order valence-electron chi connectivity index (χ1n) is 6.76. The Balaban J connectivity index is 2.13. The Hall–Kier alpha value is -1.35. The molecule has 1 aromatic rings. The first kappa shape index (κ1) is 15.0. The van der Waals surface area contributed by atoms with Gasteiger partial charge in [0.1, 0.15) is 6.61 Å². The van der Waals surface area contributed by atoms with E-state index in [2.05, 4.69) is 18.8 Å². The summed E-state index contributed by atoms with van der Waals surface area (Å²) in [5.74, 6) is 5.56. The third kappa shape index (κ3) is 3.40. The summed E-state index contributed by atoms with van der Waals surface area (Å²) in [5, 5.41) is 8.74. The van der Waals surface area contributed by atoms with Crippen molar-refractivity contribution in [3.05, 3.63) is 21.4 Å². The van der Waals surface area contributed by atoms with Crippen molar-refractivity contribution in [2.45, 2.75) is 26.4 Å². The van der Waals surface area contributed by atoms with Crippen LogP contribution >= 0.6 is 11.3 Å². The fourth-order valence-electron chi connectivity index (χ4n) is 2.14. The molecule has 0 aliphatic carbocycles. The highest BCUT2D eigenvalue weighted by atomic mass is 32.1. The van der Waals surface area contributed by atoms with Crippen LogP contribution in [0, 0.1) is 18.8 Å². The average Bonchev–Trinajstić information content (AvgIpc) is 2.85. The molecule has 108 valence electrons. The molecule has 2 heterocycles. The van der Waals surface area contributed by atoms with Gasteiger partial charge in [-0.3, -0.25) is 4.79 Å². The highest BCUT2D eigenvalue weighted by Gasteiger charge is 2.25. The van der Waals surface area contributed by atoms with E-state index in [1.54, 1.807) is 0 Å². The lowest BCUT2D eigenvalue weighted by Crippen LogP contribution is -2.45. The normalized spacial score (nSPS) is 18.6. The minimum atomic E-state index is -0.164. The second-order valence-corrected chi connectivity index (χ2v) is 5.79. The Morgan fingerprint density at radius 1 is 1.65 bits per heavy atom. The van der Waals surface area contributed by atoms with Gasteiger partial charge in [0, 0.05) is 13.1 Å². The number of hydrogen-bond acceptors (Lipinski definition) is 4. The van der Waals surface area contributed by atoms with Crippen LogP contribution in [-0.4, -0.2) is 48.3 Å². The number of thiophene rings is 1. The number of carbonyl (C=O) groups excluding carboxylic acids is 1. The molecule has 1 aliphatic rings. The van der Waals surface area contributed by atoms with E-state index in [-0.39, 0.29) is 18.6 Å². The van der Waals surface area contributed by atoms with Gasteiger partial charge in [-0.1, -0.05) is 18.8 Å². The molecule has 1 atom stereocenters. The highest BCUT2D eigenvalue weighted by molar-refractivity contribution is 7.14. The Bertz CT molecular complexity index is 541. The van der Waals surface area contributed by atoms with Crippen molar-refractivity contribution in [3.8, 4) is 11.8 Å². The molecule has 1 fully saturated rings. The van der Waals surface area contributed by atoms with Crippen molar-refractivity contribution >= 4 is 17.2 Å². The van der Waals surface area contributed by atoms with Gasteiger partial charge in [-0.25, -0.2) is 0 Å². The molecule has 0 saturated carbocycles. The molecule has 0 spiro atoms. The second kappa shape index (κ2) is 6.89. The smallest absolute Gasteiger partial charge is 0.264 e. The van der Waals surface area contributed by atoms with Crippen molar-refractivity contribution in [2.75, 3.05) is 26.3 Å². The summed E-state index contributed by atoms with van der Waals surface area (Å²) in [6, 6.07) is 1.88. The summed E-state index contributed by atoms with van der Waals surface area (Å²) in [5.41, 5.74) is 0.986. The Morgan fingerprint density at radius 3 is 3.15 bits per heavy atom. The number of hydrogen-bond donors (Lipinski definition) is 1. The number of carbonyl (C=O) groups is 1. The standard InChI is InChI=1S/C15H19NO3S/c1-3-12-10-16(6-8-19-12)15(18)14-9-11(2)13(20-14)5-4-7-17/h9,12,17H,3,6-8,10H2,1-2H3. The Kier molecular flexibility index (Phi) is 5.18. The van der Waals surface area contributed by atoms with Gasteiger partial charge in [-0.05, 0) is 25.0 Å². The molecule has 1 saturated heterocycles. The molecule has 1 amide bonds. The summed E-state index contributed by atoms with van der Waals surface area (Å²) in [7, 11) is 0. The number of aryl methyl sites for hydroxylation is 1. The van der Waals surface area contributed by atoms with Crippen LogP contribution < -0.4 is 0 Å². The molecule has 4 nitrogen and oxygen atoms in total. The topological polar surface area (TPSA) is 49.8 Å². The summed E-state index contributed by atoms with van der Waals surface area (Å²) < 4.78 is 5.58. The van der Waals surface area contributed by atoms with Crippen LogP contribution in [0.2, 0.25) is 0 Å². The molecule has 0 bridgehead atoms. The van der Waals surface area contributed by atoms with Gasteiger partial charge in [-0.15, -0.1) is 11.3 Å². The molecule has 0 radical (unpaired) electrons. The van der Waals surface area contributed by atoms with Gasteiger partial charge in [0.2, 0.25) is 0 Å². The number of rotatable bonds is 2. The lowest BCUT2D eigenvalue weighted by atomic mass is 10.2. The predicted molar refractivity (Wildman–Crippen MR) is 79.0 cm³/mol. The lowest BCUT2D eigenvalue weighted by molar-refractivity contribution is -0.0224.